The van der Waals surface area contributed by atoms with Crippen molar-refractivity contribution in [2.45, 2.75) is 18.9 Å². The van der Waals surface area contributed by atoms with Crippen LogP contribution in [0.1, 0.15) is 5.56 Å². The molecule has 0 radical (unpaired) electrons. The van der Waals surface area contributed by atoms with Gasteiger partial charge in [-0.05, 0) is 19.1 Å². The molecule has 1 heterocycles. The molecule has 1 aromatic carbocycles. The first-order valence-corrected chi connectivity index (χ1v) is 5.62. The molecule has 4 heteroatoms. The van der Waals surface area contributed by atoms with Gasteiger partial charge in [0.15, 0.2) is 0 Å². The Hall–Kier alpha value is -0.890. The van der Waals surface area contributed by atoms with E-state index >= 15 is 0 Å². The van der Waals surface area contributed by atoms with E-state index in [1.165, 1.54) is 11.3 Å². The molecule has 2 atom stereocenters. The fourth-order valence-electron chi connectivity index (χ4n) is 2.14. The van der Waals surface area contributed by atoms with Gasteiger partial charge in [0.1, 0.15) is 15.7 Å². The smallest absolute Gasteiger partial charge is 0.141 e. The molecule has 1 aliphatic rings. The Labute approximate surface area is 93.4 Å². The summed E-state index contributed by atoms with van der Waals surface area (Å²) in [5.41, 5.74) is 2.62. The van der Waals surface area contributed by atoms with Gasteiger partial charge in [-0.15, -0.1) is 0 Å². The standard InChI is InChI=1S/C11H17B2NO/c1-8-2-4-9(5-3-8)14-6-10(12)15-11(13)7-14/h2-5,10-11H,6-7,12-13H2,1H3. The summed E-state index contributed by atoms with van der Waals surface area (Å²) in [6, 6.07) is 9.38. The van der Waals surface area contributed by atoms with Crippen LogP contribution in [0, 0.1) is 6.92 Å². The van der Waals surface area contributed by atoms with Crippen molar-refractivity contribution >= 4 is 21.4 Å². The second-order valence-corrected chi connectivity index (χ2v) is 4.50. The maximum atomic E-state index is 5.72. The SMILES string of the molecule is BC1CN(c2ccc(C)cc2)CC(B)O1. The van der Waals surface area contributed by atoms with E-state index in [1.54, 1.807) is 0 Å². The van der Waals surface area contributed by atoms with Crippen LogP contribution in [0.4, 0.5) is 5.69 Å². The van der Waals surface area contributed by atoms with Crippen LogP contribution in [0.3, 0.4) is 0 Å². The van der Waals surface area contributed by atoms with Gasteiger partial charge in [0.2, 0.25) is 0 Å². The van der Waals surface area contributed by atoms with Gasteiger partial charge in [-0.2, -0.15) is 0 Å². The molecule has 0 bridgehead atoms. The molecule has 0 aromatic heterocycles. The highest BCUT2D eigenvalue weighted by Crippen LogP contribution is 2.19. The minimum absolute atomic E-state index is 0.329. The van der Waals surface area contributed by atoms with E-state index in [9.17, 15) is 0 Å². The summed E-state index contributed by atoms with van der Waals surface area (Å²) in [6.07, 6.45) is 0. The van der Waals surface area contributed by atoms with Crippen molar-refractivity contribution in [3.05, 3.63) is 29.8 Å². The number of hydrogen-bond donors (Lipinski definition) is 0. The fraction of sp³-hybridized carbons (Fsp3) is 0.455. The highest BCUT2D eigenvalue weighted by atomic mass is 16.5. The lowest BCUT2D eigenvalue weighted by Crippen LogP contribution is -2.48. The number of rotatable bonds is 1. The molecule has 1 fully saturated rings. The van der Waals surface area contributed by atoms with E-state index in [0.29, 0.717) is 12.0 Å². The van der Waals surface area contributed by atoms with Gasteiger partial charge in [0.05, 0.1) is 0 Å². The molecule has 1 aromatic rings. The van der Waals surface area contributed by atoms with Crippen molar-refractivity contribution in [3.63, 3.8) is 0 Å². The molecule has 2 unspecified atom stereocenters. The van der Waals surface area contributed by atoms with Crippen LogP contribution in [-0.2, 0) is 4.74 Å². The van der Waals surface area contributed by atoms with Crippen molar-refractivity contribution in [2.24, 2.45) is 0 Å². The lowest BCUT2D eigenvalue weighted by atomic mass is 9.91. The van der Waals surface area contributed by atoms with Crippen LogP contribution in [0.5, 0.6) is 0 Å². The summed E-state index contributed by atoms with van der Waals surface area (Å²) in [6.45, 7) is 4.11. The number of aryl methyl sites for hydroxylation is 1. The summed E-state index contributed by atoms with van der Waals surface area (Å²) < 4.78 is 5.72. The predicted molar refractivity (Wildman–Crippen MR) is 69.1 cm³/mol. The summed E-state index contributed by atoms with van der Waals surface area (Å²) in [7, 11) is 4.27. The lowest BCUT2D eigenvalue weighted by molar-refractivity contribution is 0.0651. The number of morpholine rings is 1. The van der Waals surface area contributed by atoms with E-state index in [0.717, 1.165) is 13.1 Å². The van der Waals surface area contributed by atoms with E-state index in [2.05, 4.69) is 51.8 Å². The first-order valence-electron chi connectivity index (χ1n) is 5.62. The van der Waals surface area contributed by atoms with Crippen molar-refractivity contribution in [2.75, 3.05) is 18.0 Å². The van der Waals surface area contributed by atoms with Gasteiger partial charge < -0.3 is 9.64 Å². The molecule has 0 spiro atoms. The Bertz CT molecular complexity index is 318. The van der Waals surface area contributed by atoms with Gasteiger partial charge in [-0.1, -0.05) is 17.7 Å². The Balaban J connectivity index is 2.12. The molecule has 0 aliphatic carbocycles. The zero-order valence-electron chi connectivity index (χ0n) is 9.73. The van der Waals surface area contributed by atoms with Crippen LogP contribution < -0.4 is 4.90 Å². The van der Waals surface area contributed by atoms with Crippen molar-refractivity contribution in [1.82, 2.24) is 0 Å². The second kappa shape index (κ2) is 4.31. The van der Waals surface area contributed by atoms with Gasteiger partial charge >= 0.3 is 0 Å². The zero-order valence-corrected chi connectivity index (χ0v) is 9.73. The minimum Gasteiger partial charge on any atom is -0.389 e. The van der Waals surface area contributed by atoms with E-state index < -0.39 is 0 Å². The molecule has 2 rings (SSSR count). The maximum Gasteiger partial charge on any atom is 0.141 e. The molecule has 78 valence electrons. The van der Waals surface area contributed by atoms with Crippen molar-refractivity contribution in [3.8, 4) is 0 Å². The van der Waals surface area contributed by atoms with E-state index in [4.69, 9.17) is 4.74 Å². The summed E-state index contributed by atoms with van der Waals surface area (Å²) >= 11 is 0. The molecule has 2 nitrogen and oxygen atoms in total. The minimum atomic E-state index is 0.329. The topological polar surface area (TPSA) is 12.5 Å². The highest BCUT2D eigenvalue weighted by Gasteiger charge is 2.21. The zero-order chi connectivity index (χ0) is 10.8. The quantitative estimate of drug-likeness (QED) is 0.580. The highest BCUT2D eigenvalue weighted by molar-refractivity contribution is 6.14. The third-order valence-electron chi connectivity index (χ3n) is 2.82. The molecule has 0 saturated carbocycles. The molecular formula is C11H17B2NO. The number of ether oxygens (including phenoxy) is 1. The molecule has 1 aliphatic heterocycles. The molecule has 15 heavy (non-hydrogen) atoms. The average molecular weight is 201 g/mol. The predicted octanol–water partition coefficient (Wildman–Crippen LogP) is -0.250. The first-order chi connectivity index (χ1) is 7.15. The Morgan fingerprint density at radius 1 is 1.13 bits per heavy atom. The van der Waals surface area contributed by atoms with E-state index in [-0.39, 0.29) is 0 Å². The molecule has 1 saturated heterocycles. The number of benzene rings is 1. The fourth-order valence-corrected chi connectivity index (χ4v) is 2.14. The normalized spacial score (nSPS) is 26.6. The third kappa shape index (κ3) is 2.57. The van der Waals surface area contributed by atoms with Gasteiger partial charge in [0, 0.05) is 30.8 Å². The first kappa shape index (κ1) is 10.6. The monoisotopic (exact) mass is 201 g/mol. The Kier molecular flexibility index (Phi) is 3.06. The lowest BCUT2D eigenvalue weighted by Gasteiger charge is -2.37. The molecule has 0 amide bonds. The van der Waals surface area contributed by atoms with Gasteiger partial charge in [-0.3, -0.25) is 0 Å². The van der Waals surface area contributed by atoms with Crippen molar-refractivity contribution < 1.29 is 4.74 Å². The van der Waals surface area contributed by atoms with Crippen LogP contribution in [0.25, 0.3) is 0 Å². The number of anilines is 1. The maximum absolute atomic E-state index is 5.72. The van der Waals surface area contributed by atoms with Crippen LogP contribution in [0.2, 0.25) is 0 Å². The molecular weight excluding hydrogens is 184 g/mol. The van der Waals surface area contributed by atoms with E-state index in [1.807, 2.05) is 0 Å². The second-order valence-electron chi connectivity index (χ2n) is 4.50. The number of hydrogen-bond acceptors (Lipinski definition) is 2. The summed E-state index contributed by atoms with van der Waals surface area (Å²) in [5.74, 6) is 0. The average Bonchev–Trinajstić information content (AvgIpc) is 2.17. The molecule has 0 N–H and O–H groups in total. The summed E-state index contributed by atoms with van der Waals surface area (Å²) in [5, 5.41) is 0. The third-order valence-corrected chi connectivity index (χ3v) is 2.82. The Morgan fingerprint density at radius 2 is 1.67 bits per heavy atom. The summed E-state index contributed by atoms with van der Waals surface area (Å²) in [4.78, 5) is 2.40. The van der Waals surface area contributed by atoms with Crippen molar-refractivity contribution in [1.29, 1.82) is 0 Å². The van der Waals surface area contributed by atoms with Crippen LogP contribution >= 0.6 is 0 Å². The number of nitrogens with zero attached hydrogens (tertiary/aromatic N) is 1. The van der Waals surface area contributed by atoms with Crippen LogP contribution in [0.15, 0.2) is 24.3 Å². The Morgan fingerprint density at radius 3 is 2.20 bits per heavy atom. The largest absolute Gasteiger partial charge is 0.389 e. The van der Waals surface area contributed by atoms with Crippen LogP contribution in [-0.4, -0.2) is 40.8 Å². The van der Waals surface area contributed by atoms with Gasteiger partial charge in [-0.25, -0.2) is 0 Å². The van der Waals surface area contributed by atoms with Gasteiger partial charge in [0.25, 0.3) is 0 Å².